The van der Waals surface area contributed by atoms with Gasteiger partial charge in [0.2, 0.25) is 0 Å². The van der Waals surface area contributed by atoms with Crippen LogP contribution in [-0.4, -0.2) is 44.1 Å². The molecule has 0 aliphatic carbocycles. The fraction of sp³-hybridized carbons (Fsp3) is 1.00. The normalized spacial score (nSPS) is 21.0. The number of ether oxygens (including phenoxy) is 1. The highest BCUT2D eigenvalue weighted by Crippen LogP contribution is 2.18. The standard InChI is InChI=1S/C10H22N2O2/c11-8-10(12-4-1-5-13)9-2-6-14-7-3-9/h9-10,12-13H,1-8,11H2. The van der Waals surface area contributed by atoms with Crippen molar-refractivity contribution in [3.05, 3.63) is 0 Å². The van der Waals surface area contributed by atoms with Gasteiger partial charge in [-0.15, -0.1) is 0 Å². The zero-order valence-electron chi connectivity index (χ0n) is 8.74. The van der Waals surface area contributed by atoms with Crippen LogP contribution < -0.4 is 11.1 Å². The first-order chi connectivity index (χ1) is 6.88. The second-order valence-electron chi connectivity index (χ2n) is 3.82. The van der Waals surface area contributed by atoms with Gasteiger partial charge in [0.25, 0.3) is 0 Å². The minimum absolute atomic E-state index is 0.248. The molecule has 1 heterocycles. The molecule has 0 saturated carbocycles. The zero-order chi connectivity index (χ0) is 10.2. The summed E-state index contributed by atoms with van der Waals surface area (Å²) in [5.74, 6) is 0.646. The Morgan fingerprint density at radius 2 is 2.14 bits per heavy atom. The van der Waals surface area contributed by atoms with Crippen molar-refractivity contribution in [3.63, 3.8) is 0 Å². The maximum atomic E-state index is 8.67. The van der Waals surface area contributed by atoms with Gasteiger partial charge in [0.05, 0.1) is 0 Å². The van der Waals surface area contributed by atoms with E-state index in [9.17, 15) is 0 Å². The molecule has 14 heavy (non-hydrogen) atoms. The van der Waals surface area contributed by atoms with E-state index in [0.717, 1.165) is 39.0 Å². The number of nitrogens with one attached hydrogen (secondary N) is 1. The summed E-state index contributed by atoms with van der Waals surface area (Å²) < 4.78 is 5.31. The van der Waals surface area contributed by atoms with Gasteiger partial charge in [-0.1, -0.05) is 0 Å². The molecule has 0 aromatic rings. The average molecular weight is 202 g/mol. The van der Waals surface area contributed by atoms with Crippen LogP contribution in [0.4, 0.5) is 0 Å². The highest BCUT2D eigenvalue weighted by Gasteiger charge is 2.21. The van der Waals surface area contributed by atoms with E-state index in [1.54, 1.807) is 0 Å². The van der Waals surface area contributed by atoms with Crippen molar-refractivity contribution in [2.45, 2.75) is 25.3 Å². The van der Waals surface area contributed by atoms with E-state index in [1.165, 1.54) is 0 Å². The molecule has 84 valence electrons. The summed E-state index contributed by atoms with van der Waals surface area (Å²) >= 11 is 0. The average Bonchev–Trinajstić information content (AvgIpc) is 2.26. The molecule has 0 aromatic carbocycles. The fourth-order valence-corrected chi connectivity index (χ4v) is 1.93. The lowest BCUT2D eigenvalue weighted by Gasteiger charge is -2.30. The van der Waals surface area contributed by atoms with E-state index in [1.807, 2.05) is 0 Å². The molecule has 0 radical (unpaired) electrons. The highest BCUT2D eigenvalue weighted by molar-refractivity contribution is 4.79. The maximum Gasteiger partial charge on any atom is 0.0469 e. The van der Waals surface area contributed by atoms with E-state index in [-0.39, 0.29) is 6.61 Å². The lowest BCUT2D eigenvalue weighted by atomic mass is 9.92. The lowest BCUT2D eigenvalue weighted by molar-refractivity contribution is 0.0546. The summed E-state index contributed by atoms with van der Waals surface area (Å²) in [4.78, 5) is 0. The van der Waals surface area contributed by atoms with E-state index in [0.29, 0.717) is 18.5 Å². The Bertz CT molecular complexity index is 138. The molecule has 1 aliphatic rings. The molecule has 0 amide bonds. The lowest BCUT2D eigenvalue weighted by Crippen LogP contribution is -2.44. The predicted octanol–water partition coefficient (Wildman–Crippen LogP) is -0.288. The Morgan fingerprint density at radius 3 is 2.71 bits per heavy atom. The molecule has 0 aromatic heterocycles. The minimum atomic E-state index is 0.248. The number of rotatable bonds is 6. The SMILES string of the molecule is NCC(NCCCO)C1CCOCC1. The van der Waals surface area contributed by atoms with E-state index in [4.69, 9.17) is 15.6 Å². The second kappa shape index (κ2) is 7.17. The Morgan fingerprint density at radius 1 is 1.43 bits per heavy atom. The van der Waals surface area contributed by atoms with Crippen molar-refractivity contribution in [2.24, 2.45) is 11.7 Å². The Hall–Kier alpha value is -0.160. The first kappa shape index (κ1) is 11.9. The van der Waals surface area contributed by atoms with Crippen LogP contribution in [0.2, 0.25) is 0 Å². The summed E-state index contributed by atoms with van der Waals surface area (Å²) in [5, 5.41) is 12.1. The van der Waals surface area contributed by atoms with Crippen molar-refractivity contribution in [2.75, 3.05) is 32.9 Å². The summed E-state index contributed by atoms with van der Waals surface area (Å²) in [6, 6.07) is 0.394. The van der Waals surface area contributed by atoms with E-state index in [2.05, 4.69) is 5.32 Å². The number of nitrogens with two attached hydrogens (primary N) is 1. The molecule has 1 fully saturated rings. The molecule has 4 N–H and O–H groups in total. The minimum Gasteiger partial charge on any atom is -0.396 e. The van der Waals surface area contributed by atoms with Crippen LogP contribution in [0.25, 0.3) is 0 Å². The van der Waals surface area contributed by atoms with E-state index >= 15 is 0 Å². The number of aliphatic hydroxyl groups excluding tert-OH is 1. The number of hydrogen-bond acceptors (Lipinski definition) is 4. The predicted molar refractivity (Wildman–Crippen MR) is 56.1 cm³/mol. The monoisotopic (exact) mass is 202 g/mol. The van der Waals surface area contributed by atoms with E-state index < -0.39 is 0 Å². The summed E-state index contributed by atoms with van der Waals surface area (Å²) in [7, 11) is 0. The van der Waals surface area contributed by atoms with Crippen LogP contribution in [0, 0.1) is 5.92 Å². The van der Waals surface area contributed by atoms with Crippen LogP contribution in [0.15, 0.2) is 0 Å². The molecule has 1 atom stereocenters. The molecule has 1 rings (SSSR count). The number of aliphatic hydroxyl groups is 1. The molecule has 4 nitrogen and oxygen atoms in total. The van der Waals surface area contributed by atoms with Crippen LogP contribution in [0.5, 0.6) is 0 Å². The van der Waals surface area contributed by atoms with Gasteiger partial charge >= 0.3 is 0 Å². The topological polar surface area (TPSA) is 67.5 Å². The smallest absolute Gasteiger partial charge is 0.0469 e. The molecular formula is C10H22N2O2. The molecule has 4 heteroatoms. The molecule has 1 aliphatic heterocycles. The fourth-order valence-electron chi connectivity index (χ4n) is 1.93. The Kier molecular flexibility index (Phi) is 6.10. The molecule has 1 unspecified atom stereocenters. The molecule has 1 saturated heterocycles. The zero-order valence-corrected chi connectivity index (χ0v) is 8.74. The van der Waals surface area contributed by atoms with Gasteiger partial charge in [-0.2, -0.15) is 0 Å². The van der Waals surface area contributed by atoms with Gasteiger partial charge in [0, 0.05) is 32.4 Å². The van der Waals surface area contributed by atoms with Gasteiger partial charge in [-0.05, 0) is 31.7 Å². The summed E-state index contributed by atoms with van der Waals surface area (Å²) in [6.07, 6.45) is 3.02. The molecule has 0 bridgehead atoms. The first-order valence-corrected chi connectivity index (χ1v) is 5.50. The third-order valence-corrected chi connectivity index (χ3v) is 2.83. The largest absolute Gasteiger partial charge is 0.396 e. The summed E-state index contributed by atoms with van der Waals surface area (Å²) in [5.41, 5.74) is 5.72. The van der Waals surface area contributed by atoms with Gasteiger partial charge in [0.15, 0.2) is 0 Å². The third-order valence-electron chi connectivity index (χ3n) is 2.83. The molecule has 0 spiro atoms. The molecular weight excluding hydrogens is 180 g/mol. The van der Waals surface area contributed by atoms with Gasteiger partial charge < -0.3 is 20.9 Å². The maximum absolute atomic E-state index is 8.67. The number of hydrogen-bond donors (Lipinski definition) is 3. The van der Waals surface area contributed by atoms with Crippen molar-refractivity contribution < 1.29 is 9.84 Å². The Labute approximate surface area is 85.8 Å². The van der Waals surface area contributed by atoms with Crippen LogP contribution in [-0.2, 0) is 4.74 Å². The Balaban J connectivity index is 2.21. The van der Waals surface area contributed by atoms with Crippen LogP contribution >= 0.6 is 0 Å². The van der Waals surface area contributed by atoms with Crippen LogP contribution in [0.1, 0.15) is 19.3 Å². The quantitative estimate of drug-likeness (QED) is 0.518. The van der Waals surface area contributed by atoms with Crippen molar-refractivity contribution in [3.8, 4) is 0 Å². The van der Waals surface area contributed by atoms with Gasteiger partial charge in [0.1, 0.15) is 0 Å². The third kappa shape index (κ3) is 3.92. The van der Waals surface area contributed by atoms with Gasteiger partial charge in [-0.3, -0.25) is 0 Å². The highest BCUT2D eigenvalue weighted by atomic mass is 16.5. The van der Waals surface area contributed by atoms with Crippen molar-refractivity contribution in [1.82, 2.24) is 5.32 Å². The van der Waals surface area contributed by atoms with Gasteiger partial charge in [-0.25, -0.2) is 0 Å². The second-order valence-corrected chi connectivity index (χ2v) is 3.82. The summed E-state index contributed by atoms with van der Waals surface area (Å²) in [6.45, 7) is 3.51. The van der Waals surface area contributed by atoms with Crippen molar-refractivity contribution >= 4 is 0 Å². The van der Waals surface area contributed by atoms with Crippen molar-refractivity contribution in [1.29, 1.82) is 0 Å². The van der Waals surface area contributed by atoms with Crippen LogP contribution in [0.3, 0.4) is 0 Å². The first-order valence-electron chi connectivity index (χ1n) is 5.50.